The molecule has 0 aliphatic rings. The Balaban J connectivity index is 2.01. The smallest absolute Gasteiger partial charge is 0.313 e. The van der Waals surface area contributed by atoms with Crippen molar-refractivity contribution in [1.82, 2.24) is 4.90 Å². The molecule has 0 fully saturated rings. The maximum Gasteiger partial charge on any atom is 0.313 e. The van der Waals surface area contributed by atoms with Crippen LogP contribution in [-0.2, 0) is 38.1 Å². The van der Waals surface area contributed by atoms with Gasteiger partial charge in [-0.05, 0) is 25.7 Å². The monoisotopic (exact) mass is 671 g/mol. The number of carbonyl (C=O) groups excluding carboxylic acids is 3. The average molecular weight is 672 g/mol. The van der Waals surface area contributed by atoms with Crippen molar-refractivity contribution in [2.45, 2.75) is 59.4 Å². The number of esters is 1. The Morgan fingerprint density at radius 2 is 1.00 bits per heavy atom. The average Bonchev–Trinajstić information content (AvgIpc) is 3.01. The van der Waals surface area contributed by atoms with Crippen LogP contribution in [0.1, 0.15) is 53.9 Å². The number of rotatable bonds is 24. The lowest BCUT2D eigenvalue weighted by atomic mass is 9.85. The highest BCUT2D eigenvalue weighted by Gasteiger charge is 2.35. The van der Waals surface area contributed by atoms with Gasteiger partial charge in [0.2, 0.25) is 40.7 Å². The van der Waals surface area contributed by atoms with Gasteiger partial charge in [0.1, 0.15) is 0 Å². The van der Waals surface area contributed by atoms with Crippen molar-refractivity contribution in [3.63, 3.8) is 0 Å². The number of ether oxygens (including phenoxy) is 6. The summed E-state index contributed by atoms with van der Waals surface area (Å²) in [4.78, 5) is 38.4. The Morgan fingerprint density at radius 1 is 0.630 bits per heavy atom. The van der Waals surface area contributed by atoms with Crippen LogP contribution < -0.4 is 4.74 Å². The molecule has 1 rings (SSSR count). The number of ketones is 1. The Hall–Kier alpha value is -2.72. The number of hydrogen-bond donors (Lipinski definition) is 0. The summed E-state index contributed by atoms with van der Waals surface area (Å²) in [5, 5.41) is 0. The molecular weight excluding hydrogens is 625 g/mol. The minimum atomic E-state index is -2.35. The first kappa shape index (κ1) is 41.3. The van der Waals surface area contributed by atoms with Gasteiger partial charge >= 0.3 is 5.97 Å². The predicted molar refractivity (Wildman–Crippen MR) is 156 cm³/mol. The summed E-state index contributed by atoms with van der Waals surface area (Å²) < 4.78 is 97.3. The van der Waals surface area contributed by atoms with E-state index in [2.05, 4.69) is 18.6 Å². The fraction of sp³-hybridized carbons (Fsp3) is 0.710. The summed E-state index contributed by atoms with van der Waals surface area (Å²) in [5.41, 5.74) is -0.893. The van der Waals surface area contributed by atoms with Gasteiger partial charge in [-0.2, -0.15) is 8.78 Å². The van der Waals surface area contributed by atoms with Crippen LogP contribution in [0.3, 0.4) is 0 Å². The van der Waals surface area contributed by atoms with Gasteiger partial charge in [-0.15, -0.1) is 0 Å². The fourth-order valence-corrected chi connectivity index (χ4v) is 3.58. The van der Waals surface area contributed by atoms with Crippen molar-refractivity contribution in [3.8, 4) is 5.75 Å². The van der Waals surface area contributed by atoms with E-state index in [1.807, 2.05) is 6.92 Å². The summed E-state index contributed by atoms with van der Waals surface area (Å²) in [6, 6.07) is 0. The van der Waals surface area contributed by atoms with E-state index < -0.39 is 52.8 Å². The summed E-state index contributed by atoms with van der Waals surface area (Å²) >= 11 is 0. The summed E-state index contributed by atoms with van der Waals surface area (Å²) in [7, 11) is 1.63. The van der Waals surface area contributed by atoms with Gasteiger partial charge in [0, 0.05) is 13.5 Å². The van der Waals surface area contributed by atoms with Crippen LogP contribution in [0.2, 0.25) is 0 Å². The Kier molecular flexibility index (Phi) is 19.0. The third-order valence-corrected chi connectivity index (χ3v) is 7.32. The van der Waals surface area contributed by atoms with Crippen LogP contribution in [0.4, 0.5) is 22.0 Å². The number of likely N-dealkylation sites (N-methyl/N-ethyl adjacent to an activating group) is 1. The lowest BCUT2D eigenvalue weighted by molar-refractivity contribution is -0.144. The molecule has 0 radical (unpaired) electrons. The Labute approximate surface area is 266 Å². The largest absolute Gasteiger partial charge is 0.420 e. The van der Waals surface area contributed by atoms with Gasteiger partial charge in [-0.3, -0.25) is 14.4 Å². The molecular formula is C31H46F5NO9. The maximum atomic E-state index is 13.5. The van der Waals surface area contributed by atoms with Crippen molar-refractivity contribution in [1.29, 1.82) is 0 Å². The van der Waals surface area contributed by atoms with Crippen LogP contribution in [0.15, 0.2) is 0 Å². The molecule has 1 aromatic rings. The molecule has 0 unspecified atom stereocenters. The lowest BCUT2D eigenvalue weighted by Crippen LogP contribution is -2.51. The van der Waals surface area contributed by atoms with Crippen molar-refractivity contribution < 1.29 is 64.8 Å². The van der Waals surface area contributed by atoms with Crippen molar-refractivity contribution in [2.75, 3.05) is 73.1 Å². The molecule has 0 spiro atoms. The van der Waals surface area contributed by atoms with Crippen molar-refractivity contribution in [2.24, 2.45) is 11.8 Å². The molecule has 0 heterocycles. The van der Waals surface area contributed by atoms with Crippen LogP contribution >= 0.6 is 0 Å². The van der Waals surface area contributed by atoms with Crippen molar-refractivity contribution >= 4 is 17.7 Å². The molecule has 0 saturated heterocycles. The van der Waals surface area contributed by atoms with Crippen molar-refractivity contribution in [3.05, 3.63) is 29.1 Å². The van der Waals surface area contributed by atoms with Gasteiger partial charge in [0.15, 0.2) is 5.78 Å². The molecule has 46 heavy (non-hydrogen) atoms. The second-order valence-corrected chi connectivity index (χ2v) is 11.3. The number of amides is 1. The van der Waals surface area contributed by atoms with E-state index in [0.717, 1.165) is 0 Å². The molecule has 1 amide bonds. The van der Waals surface area contributed by atoms with Gasteiger partial charge in [-0.1, -0.05) is 20.8 Å². The number of hydrogen-bond acceptors (Lipinski definition) is 9. The summed E-state index contributed by atoms with van der Waals surface area (Å²) in [5.74, 6) is -13.7. The standard InChI is InChI=1S/C31H46F5NO9/c1-20(2)21(3)19-22(38)31(4,5)37(6)23(39)7-9-41-11-13-43-15-17-45-18-16-44-14-12-42-10-8-24(40)46-30-28(35)26(33)25(32)27(34)29(30)36/h20-21H,7-19H2,1-6H3/t21-/m0/s1. The molecule has 0 aliphatic carbocycles. The first-order chi connectivity index (χ1) is 21.6. The van der Waals surface area contributed by atoms with E-state index in [4.69, 9.17) is 23.7 Å². The summed E-state index contributed by atoms with van der Waals surface area (Å²) in [6.07, 6.45) is 0.0699. The third kappa shape index (κ3) is 14.0. The highest BCUT2D eigenvalue weighted by atomic mass is 19.2. The van der Waals surface area contributed by atoms with E-state index in [1.54, 1.807) is 20.9 Å². The van der Waals surface area contributed by atoms with E-state index in [9.17, 15) is 36.3 Å². The molecule has 1 atom stereocenters. The van der Waals surface area contributed by atoms with Crippen LogP contribution in [0, 0.1) is 40.9 Å². The predicted octanol–water partition coefficient (Wildman–Crippen LogP) is 4.64. The molecule has 264 valence electrons. The third-order valence-electron chi connectivity index (χ3n) is 7.32. The van der Waals surface area contributed by atoms with E-state index in [-0.39, 0.29) is 63.7 Å². The molecule has 15 heteroatoms. The molecule has 0 bridgehead atoms. The first-order valence-corrected chi connectivity index (χ1v) is 15.0. The second kappa shape index (κ2) is 21.2. The van der Waals surface area contributed by atoms with Crippen LogP contribution in [-0.4, -0.2) is 101 Å². The zero-order chi connectivity index (χ0) is 34.9. The zero-order valence-corrected chi connectivity index (χ0v) is 27.4. The minimum Gasteiger partial charge on any atom is -0.420 e. The molecule has 0 aliphatic heterocycles. The number of benzene rings is 1. The van der Waals surface area contributed by atoms with E-state index >= 15 is 0 Å². The Bertz CT molecular complexity index is 1090. The fourth-order valence-electron chi connectivity index (χ4n) is 3.58. The van der Waals surface area contributed by atoms with Gasteiger partial charge < -0.3 is 33.3 Å². The van der Waals surface area contributed by atoms with E-state index in [1.165, 1.54) is 4.90 Å². The van der Waals surface area contributed by atoms with Gasteiger partial charge in [0.25, 0.3) is 0 Å². The topological polar surface area (TPSA) is 110 Å². The number of carbonyl (C=O) groups is 3. The summed E-state index contributed by atoms with van der Waals surface area (Å²) in [6.45, 7) is 11.6. The lowest BCUT2D eigenvalue weighted by Gasteiger charge is -2.35. The zero-order valence-electron chi connectivity index (χ0n) is 27.4. The highest BCUT2D eigenvalue weighted by molar-refractivity contribution is 5.92. The minimum absolute atomic E-state index is 0.0297. The quantitative estimate of drug-likeness (QED) is 0.0388. The van der Waals surface area contributed by atoms with E-state index in [0.29, 0.717) is 38.8 Å². The number of nitrogens with zero attached hydrogens (tertiary/aromatic N) is 1. The number of Topliss-reactive ketones (excluding diaryl/α,β-unsaturated/α-hetero) is 1. The first-order valence-electron chi connectivity index (χ1n) is 15.0. The van der Waals surface area contributed by atoms with Gasteiger partial charge in [0.05, 0.1) is 84.4 Å². The SMILES string of the molecule is CC(C)[C@@H](C)CC(=O)C(C)(C)N(C)C(=O)CCOCCOCCOCCOCCOCCC(=O)Oc1c(F)c(F)c(F)c(F)c1F. The second-order valence-electron chi connectivity index (χ2n) is 11.3. The number of halogens is 5. The van der Waals surface area contributed by atoms with Crippen LogP contribution in [0.5, 0.6) is 5.75 Å². The molecule has 0 N–H and O–H groups in total. The Morgan fingerprint density at radius 3 is 1.41 bits per heavy atom. The highest BCUT2D eigenvalue weighted by Crippen LogP contribution is 2.29. The van der Waals surface area contributed by atoms with Gasteiger partial charge in [-0.25, -0.2) is 13.2 Å². The molecule has 10 nitrogen and oxygen atoms in total. The molecule has 0 saturated carbocycles. The maximum absolute atomic E-state index is 13.5. The van der Waals surface area contributed by atoms with Crippen LogP contribution in [0.25, 0.3) is 0 Å². The molecule has 0 aromatic heterocycles. The normalized spacial score (nSPS) is 12.4. The molecule has 1 aromatic carbocycles.